The van der Waals surface area contributed by atoms with Gasteiger partial charge in [0.2, 0.25) is 4.96 Å². The Morgan fingerprint density at radius 2 is 1.95 bits per heavy atom. The summed E-state index contributed by atoms with van der Waals surface area (Å²) in [5.74, 6) is 1.56. The topological polar surface area (TPSA) is 93.1 Å². The first-order chi connectivity index (χ1) is 20.1. The van der Waals surface area contributed by atoms with Gasteiger partial charge < -0.3 is 23.4 Å². The highest BCUT2D eigenvalue weighted by Crippen LogP contribution is 2.44. The Balaban J connectivity index is 1.20. The Morgan fingerprint density at radius 3 is 2.76 bits per heavy atom. The van der Waals surface area contributed by atoms with Crippen molar-refractivity contribution in [2.75, 3.05) is 27.4 Å². The van der Waals surface area contributed by atoms with Gasteiger partial charge in [0, 0.05) is 36.3 Å². The second-order valence-corrected chi connectivity index (χ2v) is 11.4. The summed E-state index contributed by atoms with van der Waals surface area (Å²) in [5.41, 5.74) is 2.20. The lowest BCUT2D eigenvalue weighted by molar-refractivity contribution is 0.0619. The number of ether oxygens (including phenoxy) is 4. The van der Waals surface area contributed by atoms with Crippen LogP contribution < -0.4 is 14.2 Å². The third kappa shape index (κ3) is 4.52. The van der Waals surface area contributed by atoms with Crippen LogP contribution in [0.4, 0.5) is 4.39 Å². The van der Waals surface area contributed by atoms with E-state index >= 15 is 0 Å². The minimum atomic E-state index is -0.524. The molecule has 1 saturated heterocycles. The van der Waals surface area contributed by atoms with E-state index in [2.05, 4.69) is 10.1 Å². The number of hydrogen-bond donors (Lipinski definition) is 0. The van der Waals surface area contributed by atoms with Crippen LogP contribution >= 0.6 is 22.7 Å². The van der Waals surface area contributed by atoms with E-state index in [-0.39, 0.29) is 12.4 Å². The van der Waals surface area contributed by atoms with Gasteiger partial charge in [-0.1, -0.05) is 18.2 Å². The van der Waals surface area contributed by atoms with Gasteiger partial charge in [-0.05, 0) is 36.3 Å². The summed E-state index contributed by atoms with van der Waals surface area (Å²) in [4.78, 5) is 10.1. The molecule has 0 unspecified atom stereocenters. The maximum atomic E-state index is 15.0. The molecule has 0 radical (unpaired) electrons. The highest BCUT2D eigenvalue weighted by molar-refractivity contribution is 7.18. The molecule has 1 fully saturated rings. The number of aromatic nitrogens is 4. The van der Waals surface area contributed by atoms with Gasteiger partial charge in [-0.15, -0.1) is 16.4 Å². The van der Waals surface area contributed by atoms with E-state index in [1.54, 1.807) is 31.0 Å². The molecule has 0 N–H and O–H groups in total. The smallest absolute Gasteiger partial charge is 0.294 e. The van der Waals surface area contributed by atoms with Crippen LogP contribution in [0.3, 0.4) is 0 Å². The van der Waals surface area contributed by atoms with Crippen molar-refractivity contribution < 1.29 is 27.8 Å². The van der Waals surface area contributed by atoms with Crippen molar-refractivity contribution in [3.8, 4) is 28.1 Å². The Bertz CT molecular complexity index is 1850. The van der Waals surface area contributed by atoms with Crippen molar-refractivity contribution in [1.82, 2.24) is 19.6 Å². The van der Waals surface area contributed by atoms with Gasteiger partial charge in [-0.25, -0.2) is 14.4 Å². The molecule has 0 amide bonds. The number of benzene rings is 2. The first kappa shape index (κ1) is 25.9. The van der Waals surface area contributed by atoms with E-state index in [1.807, 2.05) is 35.7 Å². The molecule has 12 heteroatoms. The van der Waals surface area contributed by atoms with Crippen LogP contribution in [-0.2, 0) is 16.8 Å². The van der Waals surface area contributed by atoms with Gasteiger partial charge in [-0.2, -0.15) is 4.52 Å². The molecule has 9 nitrogen and oxygen atoms in total. The number of halogens is 1. The fourth-order valence-corrected chi connectivity index (χ4v) is 7.06. The average Bonchev–Trinajstić information content (AvgIpc) is 3.79. The van der Waals surface area contributed by atoms with Crippen LogP contribution in [0.15, 0.2) is 58.5 Å². The number of furan rings is 1. The van der Waals surface area contributed by atoms with Crippen LogP contribution in [0.5, 0.6) is 16.7 Å². The third-order valence-electron chi connectivity index (χ3n) is 7.38. The summed E-state index contributed by atoms with van der Waals surface area (Å²) >= 11 is 2.87. The summed E-state index contributed by atoms with van der Waals surface area (Å²) in [6, 6.07) is 12.5. The van der Waals surface area contributed by atoms with E-state index in [1.165, 1.54) is 28.7 Å². The van der Waals surface area contributed by atoms with Crippen molar-refractivity contribution in [2.45, 2.75) is 24.9 Å². The molecule has 1 aliphatic heterocycles. The van der Waals surface area contributed by atoms with E-state index in [0.29, 0.717) is 70.3 Å². The SMILES string of the molecule is COc1cc(OCc2csc(C3(c4ccccc4F)CCOCC3)n2)c2cc(-c3cnc4sc(OC)nn34)oc2c1. The molecule has 6 aromatic rings. The van der Waals surface area contributed by atoms with Crippen molar-refractivity contribution >= 4 is 38.6 Å². The molecular weight excluding hydrogens is 567 g/mol. The molecule has 0 aliphatic carbocycles. The van der Waals surface area contributed by atoms with E-state index in [9.17, 15) is 4.39 Å². The van der Waals surface area contributed by atoms with Crippen molar-refractivity contribution in [3.63, 3.8) is 0 Å². The Labute approximate surface area is 242 Å². The molecule has 5 heterocycles. The molecule has 4 aromatic heterocycles. The number of imidazole rings is 1. The number of nitrogens with zero attached hydrogens (tertiary/aromatic N) is 4. The second kappa shape index (κ2) is 10.4. The lowest BCUT2D eigenvalue weighted by atomic mass is 9.74. The first-order valence-corrected chi connectivity index (χ1v) is 14.7. The van der Waals surface area contributed by atoms with Gasteiger partial charge in [0.05, 0.1) is 36.9 Å². The molecule has 7 rings (SSSR count). The lowest BCUT2D eigenvalue weighted by Gasteiger charge is -2.36. The number of methoxy groups -OCH3 is 2. The molecule has 0 atom stereocenters. The van der Waals surface area contributed by atoms with Crippen molar-refractivity contribution in [2.24, 2.45) is 0 Å². The zero-order chi connectivity index (χ0) is 28.0. The summed E-state index contributed by atoms with van der Waals surface area (Å²) in [7, 11) is 3.17. The monoisotopic (exact) mass is 592 g/mol. The number of rotatable bonds is 8. The Kier molecular flexibility index (Phi) is 6.60. The fraction of sp³-hybridized carbons (Fsp3) is 0.276. The standard InChI is InChI=1S/C29H25FN4O5S2/c1-35-18-11-23(19-13-25(39-24(19)12-18)22-14-31-27-34(22)33-28(36-2)41-27)38-15-17-16-40-26(32-17)29(7-9-37-10-8-29)20-5-3-4-6-21(20)30/h3-6,11-14,16H,7-10,15H2,1-2H3. The van der Waals surface area contributed by atoms with Crippen molar-refractivity contribution in [3.05, 3.63) is 76.1 Å². The predicted octanol–water partition coefficient (Wildman–Crippen LogP) is 6.49. The zero-order valence-electron chi connectivity index (χ0n) is 22.3. The average molecular weight is 593 g/mol. The summed E-state index contributed by atoms with van der Waals surface area (Å²) in [5, 5.41) is 8.57. The quantitative estimate of drug-likeness (QED) is 0.198. The Morgan fingerprint density at radius 1 is 1.10 bits per heavy atom. The van der Waals surface area contributed by atoms with Gasteiger partial charge in [0.25, 0.3) is 5.19 Å². The molecule has 0 saturated carbocycles. The van der Waals surface area contributed by atoms with E-state index < -0.39 is 5.41 Å². The van der Waals surface area contributed by atoms with Crippen LogP contribution in [0, 0.1) is 5.82 Å². The van der Waals surface area contributed by atoms with E-state index in [4.69, 9.17) is 28.3 Å². The molecule has 0 bridgehead atoms. The second-order valence-electron chi connectivity index (χ2n) is 9.66. The number of thiazole rings is 1. The Hall–Kier alpha value is -4.00. The van der Waals surface area contributed by atoms with Gasteiger partial charge in [0.1, 0.15) is 40.2 Å². The highest BCUT2D eigenvalue weighted by Gasteiger charge is 2.40. The van der Waals surface area contributed by atoms with Gasteiger partial charge >= 0.3 is 0 Å². The molecule has 1 aliphatic rings. The molecule has 0 spiro atoms. The third-order valence-corrected chi connectivity index (χ3v) is 9.35. The maximum Gasteiger partial charge on any atom is 0.294 e. The van der Waals surface area contributed by atoms with E-state index in [0.717, 1.165) is 16.1 Å². The molecule has 210 valence electrons. The summed E-state index contributed by atoms with van der Waals surface area (Å²) in [6.45, 7) is 1.34. The number of hydrogen-bond acceptors (Lipinski definition) is 10. The maximum absolute atomic E-state index is 15.0. The molecule has 41 heavy (non-hydrogen) atoms. The van der Waals surface area contributed by atoms with Crippen LogP contribution in [0.2, 0.25) is 0 Å². The molecular formula is C29H25FN4O5S2. The van der Waals surface area contributed by atoms with Crippen LogP contribution in [0.25, 0.3) is 27.4 Å². The minimum absolute atomic E-state index is 0.219. The fourth-order valence-electron chi connectivity index (χ4n) is 5.28. The van der Waals surface area contributed by atoms with Gasteiger partial charge in [0.15, 0.2) is 5.76 Å². The highest BCUT2D eigenvalue weighted by atomic mass is 32.1. The van der Waals surface area contributed by atoms with Crippen LogP contribution in [0.1, 0.15) is 29.1 Å². The normalized spacial score (nSPS) is 15.0. The lowest BCUT2D eigenvalue weighted by Crippen LogP contribution is -2.35. The van der Waals surface area contributed by atoms with Gasteiger partial charge in [-0.3, -0.25) is 0 Å². The predicted molar refractivity (Wildman–Crippen MR) is 153 cm³/mol. The summed E-state index contributed by atoms with van der Waals surface area (Å²) < 4.78 is 45.6. The van der Waals surface area contributed by atoms with Crippen LogP contribution in [-0.4, -0.2) is 47.0 Å². The first-order valence-electron chi connectivity index (χ1n) is 13.0. The molecule has 2 aromatic carbocycles. The largest absolute Gasteiger partial charge is 0.496 e. The zero-order valence-corrected chi connectivity index (χ0v) is 23.9. The van der Waals surface area contributed by atoms with Crippen molar-refractivity contribution in [1.29, 1.82) is 0 Å². The summed E-state index contributed by atoms with van der Waals surface area (Å²) in [6.07, 6.45) is 3.05. The minimum Gasteiger partial charge on any atom is -0.496 e. The number of fused-ring (bicyclic) bond motifs is 2.